The molecule has 1 N–H and O–H groups in total. The zero-order valence-corrected chi connectivity index (χ0v) is 9.29. The van der Waals surface area contributed by atoms with E-state index in [1.807, 2.05) is 6.92 Å². The first-order chi connectivity index (χ1) is 8.15. The maximum Gasteiger partial charge on any atom is 0.303 e. The Morgan fingerprint density at radius 2 is 2.35 bits per heavy atom. The van der Waals surface area contributed by atoms with Crippen LogP contribution in [0, 0.1) is 5.92 Å². The average molecular weight is 236 g/mol. The van der Waals surface area contributed by atoms with Crippen LogP contribution in [0.4, 0.5) is 0 Å². The van der Waals surface area contributed by atoms with Gasteiger partial charge in [-0.25, -0.2) is 0 Å². The Morgan fingerprint density at radius 1 is 1.53 bits per heavy atom. The molecule has 2 heterocycles. The van der Waals surface area contributed by atoms with Gasteiger partial charge >= 0.3 is 5.97 Å². The van der Waals surface area contributed by atoms with E-state index in [4.69, 9.17) is 13.9 Å². The first-order valence-electron chi connectivity index (χ1n) is 5.23. The highest BCUT2D eigenvalue weighted by atomic mass is 16.4. The molecule has 0 fully saturated rings. The molecule has 2 rings (SSSR count). The van der Waals surface area contributed by atoms with Gasteiger partial charge in [0.25, 0.3) is 5.89 Å². The molecule has 0 saturated heterocycles. The van der Waals surface area contributed by atoms with Gasteiger partial charge in [-0.2, -0.15) is 0 Å². The molecule has 90 valence electrons. The fourth-order valence-corrected chi connectivity index (χ4v) is 1.50. The molecule has 6 nitrogen and oxygen atoms in total. The second-order valence-electron chi connectivity index (χ2n) is 3.89. The summed E-state index contributed by atoms with van der Waals surface area (Å²) in [6, 6.07) is 3.45. The van der Waals surface area contributed by atoms with Crippen molar-refractivity contribution in [1.82, 2.24) is 10.2 Å². The zero-order valence-electron chi connectivity index (χ0n) is 9.29. The SMILES string of the molecule is CC(CC(=O)O)Cc1nnc(-c2ccco2)o1. The summed E-state index contributed by atoms with van der Waals surface area (Å²) >= 11 is 0. The van der Waals surface area contributed by atoms with Crippen molar-refractivity contribution in [2.24, 2.45) is 5.92 Å². The summed E-state index contributed by atoms with van der Waals surface area (Å²) in [6.45, 7) is 1.82. The number of hydrogen-bond acceptors (Lipinski definition) is 5. The number of carboxylic acid groups (broad SMARTS) is 1. The maximum atomic E-state index is 10.5. The first-order valence-corrected chi connectivity index (χ1v) is 5.23. The molecule has 1 atom stereocenters. The Hall–Kier alpha value is -2.11. The van der Waals surface area contributed by atoms with Crippen LogP contribution in [0.25, 0.3) is 11.7 Å². The lowest BCUT2D eigenvalue weighted by Crippen LogP contribution is -2.07. The molecular weight excluding hydrogens is 224 g/mol. The maximum absolute atomic E-state index is 10.5. The van der Waals surface area contributed by atoms with Crippen molar-refractivity contribution in [3.8, 4) is 11.7 Å². The minimum Gasteiger partial charge on any atom is -0.481 e. The molecule has 0 spiro atoms. The van der Waals surface area contributed by atoms with E-state index in [0.717, 1.165) is 0 Å². The second kappa shape index (κ2) is 4.82. The third-order valence-corrected chi connectivity index (χ3v) is 2.24. The van der Waals surface area contributed by atoms with Crippen LogP contribution in [0.2, 0.25) is 0 Å². The van der Waals surface area contributed by atoms with Crippen molar-refractivity contribution in [3.63, 3.8) is 0 Å². The molecule has 0 amide bonds. The van der Waals surface area contributed by atoms with Crippen molar-refractivity contribution in [2.75, 3.05) is 0 Å². The quantitative estimate of drug-likeness (QED) is 0.853. The van der Waals surface area contributed by atoms with Gasteiger partial charge in [0, 0.05) is 12.8 Å². The largest absolute Gasteiger partial charge is 0.481 e. The van der Waals surface area contributed by atoms with Crippen LogP contribution in [-0.4, -0.2) is 21.3 Å². The van der Waals surface area contributed by atoms with E-state index in [9.17, 15) is 4.79 Å². The highest BCUT2D eigenvalue weighted by Gasteiger charge is 2.15. The van der Waals surface area contributed by atoms with Crippen molar-refractivity contribution in [1.29, 1.82) is 0 Å². The smallest absolute Gasteiger partial charge is 0.303 e. The molecule has 0 radical (unpaired) electrons. The second-order valence-corrected chi connectivity index (χ2v) is 3.89. The van der Waals surface area contributed by atoms with E-state index in [0.29, 0.717) is 24.0 Å². The van der Waals surface area contributed by atoms with Gasteiger partial charge in [0.1, 0.15) is 0 Å². The molecule has 2 aromatic rings. The number of aliphatic carboxylic acids is 1. The first kappa shape index (κ1) is 11.4. The molecule has 17 heavy (non-hydrogen) atoms. The van der Waals surface area contributed by atoms with E-state index in [1.54, 1.807) is 12.1 Å². The standard InChI is InChI=1S/C11H12N2O4/c1-7(6-10(14)15)5-9-12-13-11(17-9)8-3-2-4-16-8/h2-4,7H,5-6H2,1H3,(H,14,15). The molecule has 6 heteroatoms. The number of carboxylic acids is 1. The summed E-state index contributed by atoms with van der Waals surface area (Å²) in [7, 11) is 0. The van der Waals surface area contributed by atoms with E-state index in [2.05, 4.69) is 10.2 Å². The summed E-state index contributed by atoms with van der Waals surface area (Å²) in [6.07, 6.45) is 2.05. The van der Waals surface area contributed by atoms with Crippen LogP contribution in [0.15, 0.2) is 27.2 Å². The van der Waals surface area contributed by atoms with E-state index >= 15 is 0 Å². The lowest BCUT2D eigenvalue weighted by Gasteiger charge is -2.03. The van der Waals surface area contributed by atoms with Crippen LogP contribution in [0.1, 0.15) is 19.2 Å². The van der Waals surface area contributed by atoms with E-state index in [-0.39, 0.29) is 12.3 Å². The van der Waals surface area contributed by atoms with Crippen LogP contribution >= 0.6 is 0 Å². The van der Waals surface area contributed by atoms with Crippen LogP contribution in [0.5, 0.6) is 0 Å². The monoisotopic (exact) mass is 236 g/mol. The third-order valence-electron chi connectivity index (χ3n) is 2.24. The number of nitrogens with zero attached hydrogens (tertiary/aromatic N) is 2. The summed E-state index contributed by atoms with van der Waals surface area (Å²) in [5.74, 6) is 0.369. The summed E-state index contributed by atoms with van der Waals surface area (Å²) < 4.78 is 10.5. The molecule has 2 aromatic heterocycles. The van der Waals surface area contributed by atoms with Gasteiger partial charge in [-0.05, 0) is 18.1 Å². The average Bonchev–Trinajstić information content (AvgIpc) is 2.84. The fourth-order valence-electron chi connectivity index (χ4n) is 1.50. The summed E-state index contributed by atoms with van der Waals surface area (Å²) in [5, 5.41) is 16.3. The number of aromatic nitrogens is 2. The Morgan fingerprint density at radius 3 is 3.00 bits per heavy atom. The Bertz CT molecular complexity index is 489. The van der Waals surface area contributed by atoms with Gasteiger partial charge < -0.3 is 13.9 Å². The van der Waals surface area contributed by atoms with Gasteiger partial charge in [-0.15, -0.1) is 10.2 Å². The van der Waals surface area contributed by atoms with Gasteiger partial charge in [0.2, 0.25) is 5.89 Å². The predicted molar refractivity (Wildman–Crippen MR) is 57.1 cm³/mol. The van der Waals surface area contributed by atoms with Crippen molar-refractivity contribution >= 4 is 5.97 Å². The van der Waals surface area contributed by atoms with Gasteiger partial charge in [0.15, 0.2) is 5.76 Å². The minimum atomic E-state index is -0.830. The Balaban J connectivity index is 2.01. The van der Waals surface area contributed by atoms with Crippen LogP contribution in [-0.2, 0) is 11.2 Å². The van der Waals surface area contributed by atoms with Crippen LogP contribution < -0.4 is 0 Å². The molecule has 0 aliphatic rings. The van der Waals surface area contributed by atoms with Gasteiger partial charge in [-0.1, -0.05) is 6.92 Å². The number of furan rings is 1. The van der Waals surface area contributed by atoms with Crippen molar-refractivity contribution in [2.45, 2.75) is 19.8 Å². The Labute approximate surface area is 97.3 Å². The number of rotatable bonds is 5. The topological polar surface area (TPSA) is 89.4 Å². The molecule has 0 aromatic carbocycles. The van der Waals surface area contributed by atoms with E-state index < -0.39 is 5.97 Å². The Kier molecular flexibility index (Phi) is 3.22. The van der Waals surface area contributed by atoms with Gasteiger partial charge in [-0.3, -0.25) is 4.79 Å². The zero-order chi connectivity index (χ0) is 12.3. The third kappa shape index (κ3) is 2.93. The minimum absolute atomic E-state index is 0.0441. The highest BCUT2D eigenvalue weighted by molar-refractivity contribution is 5.66. The summed E-state index contributed by atoms with van der Waals surface area (Å²) in [5.41, 5.74) is 0. The number of hydrogen-bond donors (Lipinski definition) is 1. The molecule has 0 bridgehead atoms. The van der Waals surface area contributed by atoms with Crippen molar-refractivity contribution < 1.29 is 18.7 Å². The van der Waals surface area contributed by atoms with Crippen LogP contribution in [0.3, 0.4) is 0 Å². The highest BCUT2D eigenvalue weighted by Crippen LogP contribution is 2.19. The van der Waals surface area contributed by atoms with Gasteiger partial charge in [0.05, 0.1) is 6.26 Å². The molecule has 0 saturated carbocycles. The molecule has 1 unspecified atom stereocenters. The molecule has 0 aliphatic carbocycles. The molecule has 0 aliphatic heterocycles. The lowest BCUT2D eigenvalue weighted by molar-refractivity contribution is -0.137. The predicted octanol–water partition coefficient (Wildman–Crippen LogP) is 1.98. The molecular formula is C11H12N2O4. The number of carbonyl (C=O) groups is 1. The van der Waals surface area contributed by atoms with E-state index in [1.165, 1.54) is 6.26 Å². The van der Waals surface area contributed by atoms with Crippen molar-refractivity contribution in [3.05, 3.63) is 24.3 Å². The summed E-state index contributed by atoms with van der Waals surface area (Å²) in [4.78, 5) is 10.5. The normalized spacial score (nSPS) is 12.5. The lowest BCUT2D eigenvalue weighted by atomic mass is 10.0. The fraction of sp³-hybridized carbons (Fsp3) is 0.364.